The zero-order valence-corrected chi connectivity index (χ0v) is 25.2. The molecular formula is C35H41N5O2. The third kappa shape index (κ3) is 5.84. The fourth-order valence-electron chi connectivity index (χ4n) is 6.59. The predicted octanol–water partition coefficient (Wildman–Crippen LogP) is 6.57. The Kier molecular flexibility index (Phi) is 7.62. The van der Waals surface area contributed by atoms with Crippen molar-refractivity contribution in [3.05, 3.63) is 88.5 Å². The number of carbonyl (C=O) groups is 1. The zero-order valence-electron chi connectivity index (χ0n) is 25.2. The first-order valence-corrected chi connectivity index (χ1v) is 15.1. The Labute approximate surface area is 248 Å². The monoisotopic (exact) mass is 563 g/mol. The van der Waals surface area contributed by atoms with Crippen molar-refractivity contribution in [2.75, 3.05) is 24.5 Å². The van der Waals surface area contributed by atoms with Crippen molar-refractivity contribution < 1.29 is 9.90 Å². The molecule has 2 aliphatic heterocycles. The number of aliphatic carboxylic acids is 1. The Hall–Kier alpha value is -3.97. The fourth-order valence-corrected chi connectivity index (χ4v) is 6.59. The summed E-state index contributed by atoms with van der Waals surface area (Å²) in [7, 11) is 0. The van der Waals surface area contributed by atoms with Gasteiger partial charge in [0.15, 0.2) is 0 Å². The van der Waals surface area contributed by atoms with Crippen molar-refractivity contribution in [2.45, 2.75) is 66.5 Å². The van der Waals surface area contributed by atoms with Gasteiger partial charge in [-0.25, -0.2) is 4.98 Å². The number of imidazole rings is 1. The molecule has 6 rings (SSSR count). The fraction of sp³-hybridized carbons (Fsp3) is 0.400. The number of hydrogen-bond acceptors (Lipinski definition) is 5. The molecule has 218 valence electrons. The van der Waals surface area contributed by atoms with Crippen LogP contribution in [0.2, 0.25) is 0 Å². The van der Waals surface area contributed by atoms with E-state index in [1.54, 1.807) is 0 Å². The molecule has 4 aromatic rings. The second-order valence-corrected chi connectivity index (χ2v) is 12.8. The van der Waals surface area contributed by atoms with Crippen LogP contribution in [0.3, 0.4) is 0 Å². The van der Waals surface area contributed by atoms with Crippen molar-refractivity contribution in [1.82, 2.24) is 19.9 Å². The van der Waals surface area contributed by atoms with E-state index in [0.717, 1.165) is 103 Å². The van der Waals surface area contributed by atoms with Crippen LogP contribution in [0.15, 0.2) is 54.7 Å². The maximum absolute atomic E-state index is 12.0. The summed E-state index contributed by atoms with van der Waals surface area (Å²) in [5.74, 6) is 0.0945. The summed E-state index contributed by atoms with van der Waals surface area (Å²) in [6.45, 7) is 13.2. The number of carboxylic acids is 1. The summed E-state index contributed by atoms with van der Waals surface area (Å²) >= 11 is 0. The van der Waals surface area contributed by atoms with Crippen LogP contribution in [-0.4, -0.2) is 50.6 Å². The van der Waals surface area contributed by atoms with Crippen LogP contribution < -0.4 is 4.90 Å². The maximum atomic E-state index is 12.0. The molecule has 2 aromatic carbocycles. The number of benzene rings is 2. The summed E-state index contributed by atoms with van der Waals surface area (Å²) in [5, 5.41) is 9.82. The molecule has 2 aromatic heterocycles. The SMILES string of the molecule is Cc1nc(C)c(-c2ccc3c(c2)CCN(Cc2cnc(-c4ccccc4)[nH]2)C3)c(N2CCC(C)(C)CC2)c1CC(=O)O. The minimum Gasteiger partial charge on any atom is -0.481 e. The number of fused-ring (bicyclic) bond motifs is 1. The van der Waals surface area contributed by atoms with Gasteiger partial charge in [0, 0.05) is 72.7 Å². The molecule has 0 saturated carbocycles. The van der Waals surface area contributed by atoms with Crippen LogP contribution in [0, 0.1) is 19.3 Å². The molecule has 0 radical (unpaired) electrons. The number of H-pyrrole nitrogens is 1. The molecule has 0 unspecified atom stereocenters. The number of anilines is 1. The number of rotatable bonds is 7. The highest BCUT2D eigenvalue weighted by Gasteiger charge is 2.30. The predicted molar refractivity (Wildman–Crippen MR) is 168 cm³/mol. The van der Waals surface area contributed by atoms with Gasteiger partial charge >= 0.3 is 5.97 Å². The van der Waals surface area contributed by atoms with E-state index in [0.29, 0.717) is 5.41 Å². The number of aromatic nitrogens is 3. The van der Waals surface area contributed by atoms with E-state index < -0.39 is 5.97 Å². The van der Waals surface area contributed by atoms with Crippen LogP contribution >= 0.6 is 0 Å². The topological polar surface area (TPSA) is 85.4 Å². The Bertz CT molecular complexity index is 1600. The number of pyridine rings is 1. The number of piperidine rings is 1. The molecule has 0 atom stereocenters. The van der Waals surface area contributed by atoms with E-state index in [9.17, 15) is 9.90 Å². The molecule has 2 N–H and O–H groups in total. The quantitative estimate of drug-likeness (QED) is 0.265. The molecule has 2 aliphatic rings. The molecule has 4 heterocycles. The summed E-state index contributed by atoms with van der Waals surface area (Å²) in [6, 6.07) is 17.0. The summed E-state index contributed by atoms with van der Waals surface area (Å²) < 4.78 is 0. The third-order valence-corrected chi connectivity index (χ3v) is 9.07. The maximum Gasteiger partial charge on any atom is 0.307 e. The van der Waals surface area contributed by atoms with Crippen LogP contribution in [0.4, 0.5) is 5.69 Å². The molecule has 0 spiro atoms. The van der Waals surface area contributed by atoms with Crippen molar-refractivity contribution >= 4 is 11.7 Å². The summed E-state index contributed by atoms with van der Waals surface area (Å²) in [6.07, 6.45) is 5.08. The van der Waals surface area contributed by atoms with Gasteiger partial charge in [-0.1, -0.05) is 62.4 Å². The Balaban J connectivity index is 1.28. The largest absolute Gasteiger partial charge is 0.481 e. The Morgan fingerprint density at radius 2 is 1.74 bits per heavy atom. The first-order valence-electron chi connectivity index (χ1n) is 15.1. The van der Waals surface area contributed by atoms with Crippen LogP contribution in [-0.2, 0) is 30.7 Å². The molecule has 0 aliphatic carbocycles. The second-order valence-electron chi connectivity index (χ2n) is 12.8. The first kappa shape index (κ1) is 28.2. The van der Waals surface area contributed by atoms with Crippen LogP contribution in [0.5, 0.6) is 0 Å². The van der Waals surface area contributed by atoms with Crippen molar-refractivity contribution in [1.29, 1.82) is 0 Å². The lowest BCUT2D eigenvalue weighted by Crippen LogP contribution is -2.38. The Morgan fingerprint density at radius 1 is 0.976 bits per heavy atom. The Morgan fingerprint density at radius 3 is 2.48 bits per heavy atom. The standard InChI is InChI=1S/C35H41N5O2/c1-23-30(19-31(41)42)33(40-16-13-35(3,4)14-17-40)32(24(2)37-23)27-10-11-28-21-39(15-12-26(28)18-27)22-29-20-36-34(38-29)25-8-6-5-7-9-25/h5-11,18,20H,12-17,19,21-22H2,1-4H3,(H,36,38)(H,41,42). The van der Waals surface area contributed by atoms with E-state index in [1.807, 2.05) is 31.3 Å². The van der Waals surface area contributed by atoms with Crippen LogP contribution in [0.1, 0.15) is 60.5 Å². The molecule has 7 nitrogen and oxygen atoms in total. The number of carboxylic acid groups (broad SMARTS) is 1. The van der Waals surface area contributed by atoms with Crippen LogP contribution in [0.25, 0.3) is 22.5 Å². The molecule has 0 amide bonds. The minimum atomic E-state index is -0.813. The summed E-state index contributed by atoms with van der Waals surface area (Å²) in [4.78, 5) is 29.8. The number of nitrogens with zero attached hydrogens (tertiary/aromatic N) is 4. The van der Waals surface area contributed by atoms with E-state index >= 15 is 0 Å². The average molecular weight is 564 g/mol. The van der Waals surface area contributed by atoms with Gasteiger partial charge in [0.25, 0.3) is 0 Å². The molecule has 1 fully saturated rings. The lowest BCUT2D eigenvalue weighted by molar-refractivity contribution is -0.136. The molecular weight excluding hydrogens is 522 g/mol. The number of aryl methyl sites for hydroxylation is 2. The van der Waals surface area contributed by atoms with Gasteiger partial charge in [-0.05, 0) is 55.2 Å². The van der Waals surface area contributed by atoms with Gasteiger partial charge in [0.05, 0.1) is 12.1 Å². The van der Waals surface area contributed by atoms with E-state index in [4.69, 9.17) is 4.98 Å². The number of hydrogen-bond donors (Lipinski definition) is 2. The van der Waals surface area contributed by atoms with Crippen molar-refractivity contribution in [2.24, 2.45) is 5.41 Å². The lowest BCUT2D eigenvalue weighted by Gasteiger charge is -2.40. The number of aromatic amines is 1. The molecule has 7 heteroatoms. The number of nitrogens with one attached hydrogen (secondary N) is 1. The highest BCUT2D eigenvalue weighted by molar-refractivity contribution is 5.86. The lowest BCUT2D eigenvalue weighted by atomic mass is 9.82. The highest BCUT2D eigenvalue weighted by atomic mass is 16.4. The highest BCUT2D eigenvalue weighted by Crippen LogP contribution is 2.42. The third-order valence-electron chi connectivity index (χ3n) is 9.07. The van der Waals surface area contributed by atoms with E-state index in [2.05, 4.69) is 70.9 Å². The smallest absolute Gasteiger partial charge is 0.307 e. The van der Waals surface area contributed by atoms with Gasteiger partial charge in [-0.15, -0.1) is 0 Å². The van der Waals surface area contributed by atoms with E-state index in [-0.39, 0.29) is 6.42 Å². The second kappa shape index (κ2) is 11.4. The van der Waals surface area contributed by atoms with E-state index in [1.165, 1.54) is 11.1 Å². The van der Waals surface area contributed by atoms with Gasteiger partial charge in [0.1, 0.15) is 5.82 Å². The average Bonchev–Trinajstić information content (AvgIpc) is 3.43. The van der Waals surface area contributed by atoms with Gasteiger partial charge in [0.2, 0.25) is 0 Å². The van der Waals surface area contributed by atoms with Gasteiger partial charge in [-0.2, -0.15) is 0 Å². The normalized spacial score (nSPS) is 16.8. The van der Waals surface area contributed by atoms with Gasteiger partial charge < -0.3 is 15.0 Å². The van der Waals surface area contributed by atoms with Gasteiger partial charge in [-0.3, -0.25) is 14.7 Å². The molecule has 0 bridgehead atoms. The molecule has 42 heavy (non-hydrogen) atoms. The molecule has 1 saturated heterocycles. The van der Waals surface area contributed by atoms with Crippen molar-refractivity contribution in [3.63, 3.8) is 0 Å². The minimum absolute atomic E-state index is 0.0131. The zero-order chi connectivity index (χ0) is 29.4. The first-order chi connectivity index (χ1) is 20.2. The van der Waals surface area contributed by atoms with Crippen molar-refractivity contribution in [3.8, 4) is 22.5 Å². The summed E-state index contributed by atoms with van der Waals surface area (Å²) in [5.41, 5.74) is 11.2.